The van der Waals surface area contributed by atoms with Gasteiger partial charge in [0.2, 0.25) is 0 Å². The molecule has 0 aromatic heterocycles. The highest BCUT2D eigenvalue weighted by Gasteiger charge is 2.30. The maximum atomic E-state index is 12.6. The first kappa shape index (κ1) is 20.8. The van der Waals surface area contributed by atoms with Gasteiger partial charge in [0.25, 0.3) is 10.0 Å². The lowest BCUT2D eigenvalue weighted by molar-refractivity contribution is 0.101. The molecule has 1 aliphatic carbocycles. The van der Waals surface area contributed by atoms with Crippen LogP contribution in [0.2, 0.25) is 5.02 Å². The maximum absolute atomic E-state index is 12.6. The number of carbonyl (C=O) groups is 1. The van der Waals surface area contributed by atoms with E-state index in [1.807, 2.05) is 0 Å². The molecule has 0 amide bonds. The van der Waals surface area contributed by atoms with Crippen molar-refractivity contribution in [2.75, 3.05) is 4.72 Å². The minimum atomic E-state index is -3.96. The van der Waals surface area contributed by atoms with Crippen LogP contribution in [0.3, 0.4) is 0 Å². The Balaban J connectivity index is 1.84. The van der Waals surface area contributed by atoms with Crippen molar-refractivity contribution in [3.63, 3.8) is 0 Å². The third kappa shape index (κ3) is 4.24. The number of rotatable bonds is 6. The molecule has 0 heterocycles. The molecule has 0 aliphatic heterocycles. The molecule has 1 aliphatic rings. The van der Waals surface area contributed by atoms with Crippen molar-refractivity contribution >= 4 is 42.9 Å². The zero-order chi connectivity index (χ0) is 20.5. The predicted molar refractivity (Wildman–Crippen MR) is 108 cm³/mol. The van der Waals surface area contributed by atoms with Gasteiger partial charge in [0, 0.05) is 11.3 Å². The largest absolute Gasteiger partial charge is 0.294 e. The molecule has 1 fully saturated rings. The SMILES string of the molecule is CC(=O)c1cc(S(=O)(=O)Nc2ccc(S(=O)(=O)C3CCCC3)cc2)ccc1Cl. The second-order valence-electron chi connectivity index (χ2n) is 6.78. The Hall–Kier alpha value is -1.90. The number of carbonyl (C=O) groups excluding carboxylic acids is 1. The minimum Gasteiger partial charge on any atom is -0.294 e. The molecule has 6 nitrogen and oxygen atoms in total. The average Bonchev–Trinajstić information content (AvgIpc) is 3.17. The molecule has 1 N–H and O–H groups in total. The Labute approximate surface area is 169 Å². The fourth-order valence-corrected chi connectivity index (χ4v) is 6.45. The molecule has 28 heavy (non-hydrogen) atoms. The van der Waals surface area contributed by atoms with Crippen LogP contribution in [0.5, 0.6) is 0 Å². The highest BCUT2D eigenvalue weighted by Crippen LogP contribution is 2.30. The highest BCUT2D eigenvalue weighted by atomic mass is 35.5. The van der Waals surface area contributed by atoms with Gasteiger partial charge in [0.1, 0.15) is 0 Å². The fraction of sp³-hybridized carbons (Fsp3) is 0.316. The summed E-state index contributed by atoms with van der Waals surface area (Å²) in [6.45, 7) is 1.30. The molecule has 1 saturated carbocycles. The third-order valence-electron chi connectivity index (χ3n) is 4.80. The van der Waals surface area contributed by atoms with E-state index in [0.29, 0.717) is 12.8 Å². The van der Waals surface area contributed by atoms with E-state index in [0.717, 1.165) is 12.8 Å². The molecule has 0 radical (unpaired) electrons. The molecule has 2 aromatic carbocycles. The van der Waals surface area contributed by atoms with Crippen LogP contribution >= 0.6 is 11.6 Å². The van der Waals surface area contributed by atoms with E-state index in [2.05, 4.69) is 4.72 Å². The van der Waals surface area contributed by atoms with Gasteiger partial charge in [0.15, 0.2) is 15.6 Å². The van der Waals surface area contributed by atoms with Crippen LogP contribution in [0.4, 0.5) is 5.69 Å². The molecule has 0 spiro atoms. The highest BCUT2D eigenvalue weighted by molar-refractivity contribution is 7.92. The van der Waals surface area contributed by atoms with Gasteiger partial charge >= 0.3 is 0 Å². The zero-order valence-electron chi connectivity index (χ0n) is 15.2. The first-order valence-corrected chi connectivity index (χ1v) is 12.2. The summed E-state index contributed by atoms with van der Waals surface area (Å²) >= 11 is 5.92. The molecule has 150 valence electrons. The van der Waals surface area contributed by atoms with E-state index >= 15 is 0 Å². The van der Waals surface area contributed by atoms with Gasteiger partial charge in [-0.25, -0.2) is 16.8 Å². The molecular formula is C19H20ClNO5S2. The van der Waals surface area contributed by atoms with E-state index in [-0.39, 0.29) is 37.1 Å². The summed E-state index contributed by atoms with van der Waals surface area (Å²) in [6.07, 6.45) is 3.13. The van der Waals surface area contributed by atoms with Gasteiger partial charge in [-0.05, 0) is 62.2 Å². The molecule has 0 unspecified atom stereocenters. The molecule has 9 heteroatoms. The van der Waals surface area contributed by atoms with Crippen molar-refractivity contribution in [1.82, 2.24) is 0 Å². The van der Waals surface area contributed by atoms with Gasteiger partial charge in [0.05, 0.1) is 20.1 Å². The van der Waals surface area contributed by atoms with Crippen molar-refractivity contribution < 1.29 is 21.6 Å². The number of benzene rings is 2. The van der Waals surface area contributed by atoms with E-state index in [9.17, 15) is 21.6 Å². The molecule has 2 aromatic rings. The number of anilines is 1. The maximum Gasteiger partial charge on any atom is 0.261 e. The number of halogens is 1. The molecule has 0 saturated heterocycles. The predicted octanol–water partition coefficient (Wildman–Crippen LogP) is 4.06. The zero-order valence-corrected chi connectivity index (χ0v) is 17.6. The lowest BCUT2D eigenvalue weighted by Gasteiger charge is -2.13. The smallest absolute Gasteiger partial charge is 0.261 e. The summed E-state index contributed by atoms with van der Waals surface area (Å²) < 4.78 is 52.8. The average molecular weight is 442 g/mol. The number of nitrogens with one attached hydrogen (secondary N) is 1. The van der Waals surface area contributed by atoms with Crippen molar-refractivity contribution in [1.29, 1.82) is 0 Å². The van der Waals surface area contributed by atoms with Crippen molar-refractivity contribution in [3.05, 3.63) is 53.1 Å². The number of Topliss-reactive ketones (excluding diaryl/α,β-unsaturated/α-hetero) is 1. The van der Waals surface area contributed by atoms with Crippen molar-refractivity contribution in [2.45, 2.75) is 47.6 Å². The monoisotopic (exact) mass is 441 g/mol. The number of hydrogen-bond acceptors (Lipinski definition) is 5. The standard InChI is InChI=1S/C19H20ClNO5S2/c1-13(22)18-12-17(10-11-19(18)20)28(25,26)21-14-6-8-16(9-7-14)27(23,24)15-4-2-3-5-15/h6-12,15,21H,2-5H2,1H3. The molecular weight excluding hydrogens is 422 g/mol. The number of hydrogen-bond donors (Lipinski definition) is 1. The third-order valence-corrected chi connectivity index (χ3v) is 8.79. The first-order chi connectivity index (χ1) is 13.1. The lowest BCUT2D eigenvalue weighted by atomic mass is 10.1. The fourth-order valence-electron chi connectivity index (χ4n) is 3.26. The second-order valence-corrected chi connectivity index (χ2v) is 11.1. The Bertz CT molecular complexity index is 1100. The topological polar surface area (TPSA) is 97.4 Å². The molecule has 0 bridgehead atoms. The van der Waals surface area contributed by atoms with Gasteiger partial charge in [-0.3, -0.25) is 9.52 Å². The van der Waals surface area contributed by atoms with E-state index in [4.69, 9.17) is 11.6 Å². The summed E-state index contributed by atoms with van der Waals surface area (Å²) in [5.74, 6) is -0.344. The summed E-state index contributed by atoms with van der Waals surface area (Å²) in [5.41, 5.74) is 0.340. The Morgan fingerprint density at radius 1 is 0.964 bits per heavy atom. The number of sulfone groups is 1. The Morgan fingerprint density at radius 2 is 1.54 bits per heavy atom. The van der Waals surface area contributed by atoms with Crippen LogP contribution in [0.25, 0.3) is 0 Å². The van der Waals surface area contributed by atoms with E-state index in [1.165, 1.54) is 49.4 Å². The summed E-state index contributed by atoms with van der Waals surface area (Å²) in [6, 6.07) is 9.52. The lowest BCUT2D eigenvalue weighted by Crippen LogP contribution is -2.18. The van der Waals surface area contributed by atoms with Crippen LogP contribution in [-0.4, -0.2) is 27.9 Å². The molecule has 3 rings (SSSR count). The normalized spacial score (nSPS) is 15.5. The van der Waals surface area contributed by atoms with Crippen molar-refractivity contribution in [3.8, 4) is 0 Å². The van der Waals surface area contributed by atoms with E-state index < -0.39 is 19.9 Å². The molecule has 0 atom stereocenters. The van der Waals surface area contributed by atoms with E-state index in [1.54, 1.807) is 0 Å². The van der Waals surface area contributed by atoms with Crippen LogP contribution in [-0.2, 0) is 19.9 Å². The minimum absolute atomic E-state index is 0.107. The Morgan fingerprint density at radius 3 is 2.11 bits per heavy atom. The Kier molecular flexibility index (Phi) is 5.84. The van der Waals surface area contributed by atoms with Gasteiger partial charge in [-0.15, -0.1) is 0 Å². The van der Waals surface area contributed by atoms with Crippen LogP contribution < -0.4 is 4.72 Å². The first-order valence-electron chi connectivity index (χ1n) is 8.78. The summed E-state index contributed by atoms with van der Waals surface area (Å²) in [7, 11) is -7.36. The quantitative estimate of drug-likeness (QED) is 0.681. The summed E-state index contributed by atoms with van der Waals surface area (Å²) in [5, 5.41) is -0.193. The van der Waals surface area contributed by atoms with Crippen molar-refractivity contribution in [2.24, 2.45) is 0 Å². The van der Waals surface area contributed by atoms with Crippen LogP contribution in [0.15, 0.2) is 52.3 Å². The number of ketones is 1. The van der Waals surface area contributed by atoms with Gasteiger partial charge < -0.3 is 0 Å². The summed E-state index contributed by atoms with van der Waals surface area (Å²) in [4.78, 5) is 11.7. The van der Waals surface area contributed by atoms with Crippen LogP contribution in [0, 0.1) is 0 Å². The second kappa shape index (κ2) is 7.85. The van der Waals surface area contributed by atoms with Gasteiger partial charge in [-0.1, -0.05) is 24.4 Å². The number of sulfonamides is 1. The van der Waals surface area contributed by atoms with Crippen LogP contribution in [0.1, 0.15) is 43.0 Å². The van der Waals surface area contributed by atoms with Gasteiger partial charge in [-0.2, -0.15) is 0 Å².